The Morgan fingerprint density at radius 3 is 2.59 bits per heavy atom. The molecule has 0 aromatic heterocycles. The molecule has 114 valence electrons. The molecular formula is C15H14N2O3S2. The van der Waals surface area contributed by atoms with Gasteiger partial charge in [0.2, 0.25) is 5.91 Å². The summed E-state index contributed by atoms with van der Waals surface area (Å²) in [6.45, 7) is 1.81. The van der Waals surface area contributed by atoms with Crippen LogP contribution >= 0.6 is 11.8 Å². The molecule has 1 aliphatic heterocycles. The Bertz CT molecular complexity index is 820. The SMILES string of the molecule is CC1Sc2ccc(S(=O)(=O)Nc3ccccc3)cc2NC1=O. The van der Waals surface area contributed by atoms with Crippen molar-refractivity contribution in [3.05, 3.63) is 48.5 Å². The Hall–Kier alpha value is -1.99. The minimum absolute atomic E-state index is 0.116. The number of amides is 1. The molecule has 1 amide bonds. The fraction of sp³-hybridized carbons (Fsp3) is 0.133. The molecule has 0 bridgehead atoms. The smallest absolute Gasteiger partial charge is 0.261 e. The Labute approximate surface area is 133 Å². The average molecular weight is 334 g/mol. The van der Waals surface area contributed by atoms with Crippen LogP contribution in [-0.2, 0) is 14.8 Å². The van der Waals surface area contributed by atoms with Gasteiger partial charge in [0.1, 0.15) is 0 Å². The molecule has 22 heavy (non-hydrogen) atoms. The lowest BCUT2D eigenvalue weighted by Gasteiger charge is -2.21. The highest BCUT2D eigenvalue weighted by Gasteiger charge is 2.25. The van der Waals surface area contributed by atoms with E-state index in [2.05, 4.69) is 10.0 Å². The van der Waals surface area contributed by atoms with Gasteiger partial charge >= 0.3 is 0 Å². The molecule has 0 saturated heterocycles. The van der Waals surface area contributed by atoms with Gasteiger partial charge in [0, 0.05) is 10.6 Å². The van der Waals surface area contributed by atoms with Gasteiger partial charge < -0.3 is 5.32 Å². The summed E-state index contributed by atoms with van der Waals surface area (Å²) in [7, 11) is -3.69. The number of rotatable bonds is 3. The first-order valence-corrected chi connectivity index (χ1v) is 9.01. The number of nitrogens with one attached hydrogen (secondary N) is 2. The topological polar surface area (TPSA) is 75.3 Å². The number of hydrogen-bond acceptors (Lipinski definition) is 4. The third kappa shape index (κ3) is 2.95. The van der Waals surface area contributed by atoms with Crippen molar-refractivity contribution in [3.63, 3.8) is 0 Å². The number of fused-ring (bicyclic) bond motifs is 1. The Morgan fingerprint density at radius 1 is 1.14 bits per heavy atom. The van der Waals surface area contributed by atoms with E-state index in [1.165, 1.54) is 17.8 Å². The number of para-hydroxylation sites is 1. The zero-order valence-corrected chi connectivity index (χ0v) is 13.4. The van der Waals surface area contributed by atoms with Crippen LogP contribution in [0, 0.1) is 0 Å². The molecule has 2 aromatic rings. The highest BCUT2D eigenvalue weighted by atomic mass is 32.2. The fourth-order valence-electron chi connectivity index (χ4n) is 2.08. The van der Waals surface area contributed by atoms with Crippen molar-refractivity contribution < 1.29 is 13.2 Å². The third-order valence-electron chi connectivity index (χ3n) is 3.22. The number of carbonyl (C=O) groups excluding carboxylic acids is 1. The van der Waals surface area contributed by atoms with Crippen molar-refractivity contribution in [2.45, 2.75) is 22.0 Å². The number of anilines is 2. The number of carbonyl (C=O) groups is 1. The van der Waals surface area contributed by atoms with Crippen LogP contribution < -0.4 is 10.0 Å². The molecule has 0 fully saturated rings. The largest absolute Gasteiger partial charge is 0.324 e. The van der Waals surface area contributed by atoms with Crippen molar-refractivity contribution in [1.82, 2.24) is 0 Å². The van der Waals surface area contributed by atoms with Crippen LogP contribution in [0.25, 0.3) is 0 Å². The lowest BCUT2D eigenvalue weighted by atomic mass is 10.3. The van der Waals surface area contributed by atoms with E-state index in [0.29, 0.717) is 11.4 Å². The maximum atomic E-state index is 12.4. The van der Waals surface area contributed by atoms with Gasteiger partial charge in [0.15, 0.2) is 0 Å². The van der Waals surface area contributed by atoms with E-state index in [1.54, 1.807) is 36.4 Å². The van der Waals surface area contributed by atoms with Crippen molar-refractivity contribution in [3.8, 4) is 0 Å². The predicted molar refractivity (Wildman–Crippen MR) is 87.6 cm³/mol. The molecule has 5 nitrogen and oxygen atoms in total. The zero-order valence-electron chi connectivity index (χ0n) is 11.7. The lowest BCUT2D eigenvalue weighted by molar-refractivity contribution is -0.115. The quantitative estimate of drug-likeness (QED) is 0.905. The van der Waals surface area contributed by atoms with Crippen LogP contribution in [0.15, 0.2) is 58.3 Å². The molecule has 0 radical (unpaired) electrons. The highest BCUT2D eigenvalue weighted by Crippen LogP contribution is 2.36. The van der Waals surface area contributed by atoms with E-state index in [4.69, 9.17) is 0 Å². The van der Waals surface area contributed by atoms with Crippen LogP contribution in [0.1, 0.15) is 6.92 Å². The predicted octanol–water partition coefficient (Wildman–Crippen LogP) is 2.92. The van der Waals surface area contributed by atoms with Crippen LogP contribution in [0.5, 0.6) is 0 Å². The van der Waals surface area contributed by atoms with Crippen LogP contribution in [-0.4, -0.2) is 19.6 Å². The Balaban J connectivity index is 1.92. The first-order chi connectivity index (χ1) is 10.5. The van der Waals surface area contributed by atoms with Gasteiger partial charge in [-0.2, -0.15) is 0 Å². The zero-order chi connectivity index (χ0) is 15.7. The molecule has 7 heteroatoms. The molecule has 0 spiro atoms. The second kappa shape index (κ2) is 5.66. The summed E-state index contributed by atoms with van der Waals surface area (Å²) >= 11 is 1.42. The van der Waals surface area contributed by atoms with Gasteiger partial charge in [-0.1, -0.05) is 18.2 Å². The highest BCUT2D eigenvalue weighted by molar-refractivity contribution is 8.01. The number of hydrogen-bond donors (Lipinski definition) is 2. The van der Waals surface area contributed by atoms with Crippen LogP contribution in [0.3, 0.4) is 0 Å². The standard InChI is InChI=1S/C15H14N2O3S2/c1-10-15(18)16-13-9-12(7-8-14(13)21-10)22(19,20)17-11-5-3-2-4-6-11/h2-10,17H,1H3,(H,16,18). The van der Waals surface area contributed by atoms with Gasteiger partial charge in [-0.25, -0.2) is 8.42 Å². The van der Waals surface area contributed by atoms with E-state index in [0.717, 1.165) is 4.90 Å². The molecule has 1 unspecified atom stereocenters. The molecule has 0 saturated carbocycles. The normalized spacial score (nSPS) is 17.5. The van der Waals surface area contributed by atoms with E-state index < -0.39 is 10.0 Å². The minimum Gasteiger partial charge on any atom is -0.324 e. The van der Waals surface area contributed by atoms with Crippen molar-refractivity contribution >= 4 is 39.1 Å². The molecule has 1 heterocycles. The summed E-state index contributed by atoms with van der Waals surface area (Å²) in [5, 5.41) is 2.55. The van der Waals surface area contributed by atoms with Gasteiger partial charge in [0.05, 0.1) is 15.8 Å². The molecule has 1 aliphatic rings. The van der Waals surface area contributed by atoms with Crippen molar-refractivity contribution in [1.29, 1.82) is 0 Å². The van der Waals surface area contributed by atoms with E-state index in [1.807, 2.05) is 13.0 Å². The molecule has 2 aromatic carbocycles. The van der Waals surface area contributed by atoms with Crippen LogP contribution in [0.2, 0.25) is 0 Å². The number of sulfonamides is 1. The Morgan fingerprint density at radius 2 is 1.86 bits per heavy atom. The maximum Gasteiger partial charge on any atom is 0.261 e. The van der Waals surface area contributed by atoms with Gasteiger partial charge in [0.25, 0.3) is 10.0 Å². The third-order valence-corrected chi connectivity index (χ3v) is 5.77. The van der Waals surface area contributed by atoms with Gasteiger partial charge in [-0.3, -0.25) is 9.52 Å². The molecule has 2 N–H and O–H groups in total. The molecular weight excluding hydrogens is 320 g/mol. The summed E-state index contributed by atoms with van der Waals surface area (Å²) in [6.07, 6.45) is 0. The van der Waals surface area contributed by atoms with E-state index in [-0.39, 0.29) is 16.1 Å². The molecule has 0 aliphatic carbocycles. The van der Waals surface area contributed by atoms with Crippen molar-refractivity contribution in [2.24, 2.45) is 0 Å². The van der Waals surface area contributed by atoms with Crippen molar-refractivity contribution in [2.75, 3.05) is 10.0 Å². The van der Waals surface area contributed by atoms with E-state index in [9.17, 15) is 13.2 Å². The summed E-state index contributed by atoms with van der Waals surface area (Å²) in [5.74, 6) is -0.122. The summed E-state index contributed by atoms with van der Waals surface area (Å²) in [5.41, 5.74) is 1.02. The molecule has 1 atom stereocenters. The summed E-state index contributed by atoms with van der Waals surface area (Å²) in [4.78, 5) is 12.7. The van der Waals surface area contributed by atoms with Crippen LogP contribution in [0.4, 0.5) is 11.4 Å². The first kappa shape index (κ1) is 14.9. The molecule has 3 rings (SSSR count). The maximum absolute atomic E-state index is 12.4. The number of benzene rings is 2. The summed E-state index contributed by atoms with van der Waals surface area (Å²) < 4.78 is 27.3. The fourth-order valence-corrected chi connectivity index (χ4v) is 4.09. The first-order valence-electron chi connectivity index (χ1n) is 6.65. The Kier molecular flexibility index (Phi) is 3.84. The summed E-state index contributed by atoms with van der Waals surface area (Å²) in [6, 6.07) is 13.4. The lowest BCUT2D eigenvalue weighted by Crippen LogP contribution is -2.26. The second-order valence-electron chi connectivity index (χ2n) is 4.88. The minimum atomic E-state index is -3.69. The second-order valence-corrected chi connectivity index (χ2v) is 7.94. The monoisotopic (exact) mass is 334 g/mol. The average Bonchev–Trinajstić information content (AvgIpc) is 2.48. The van der Waals surface area contributed by atoms with Gasteiger partial charge in [-0.05, 0) is 37.3 Å². The number of thioether (sulfide) groups is 1. The van der Waals surface area contributed by atoms with Gasteiger partial charge in [-0.15, -0.1) is 11.8 Å². The van der Waals surface area contributed by atoms with E-state index >= 15 is 0 Å².